The summed E-state index contributed by atoms with van der Waals surface area (Å²) in [6.07, 6.45) is -3.40. The Hall–Kier alpha value is -1.08. The molecule has 0 aliphatic heterocycles. The van der Waals surface area contributed by atoms with E-state index in [0.29, 0.717) is 18.4 Å². The van der Waals surface area contributed by atoms with Crippen LogP contribution in [0.15, 0.2) is 24.3 Å². The lowest BCUT2D eigenvalue weighted by atomic mass is 10.1. The molecular formula is C11H13F3O3S. The Morgan fingerprint density at radius 1 is 1.17 bits per heavy atom. The summed E-state index contributed by atoms with van der Waals surface area (Å²) in [5.74, 6) is -0.369. The van der Waals surface area contributed by atoms with Crippen molar-refractivity contribution in [1.82, 2.24) is 0 Å². The third-order valence-electron chi connectivity index (χ3n) is 2.37. The van der Waals surface area contributed by atoms with Gasteiger partial charge in [-0.2, -0.15) is 21.6 Å². The Morgan fingerprint density at radius 2 is 1.83 bits per heavy atom. The van der Waals surface area contributed by atoms with Gasteiger partial charge >= 0.3 is 6.18 Å². The molecule has 0 fully saturated rings. The SMILES string of the molecule is O=S(=O)(O)CCCCc1cccc(C(F)(F)F)c1. The average Bonchev–Trinajstić information content (AvgIpc) is 2.22. The van der Waals surface area contributed by atoms with Gasteiger partial charge in [0.2, 0.25) is 0 Å². The second-order valence-corrected chi connectivity index (χ2v) is 5.51. The minimum Gasteiger partial charge on any atom is -0.286 e. The van der Waals surface area contributed by atoms with Crippen molar-refractivity contribution >= 4 is 10.1 Å². The van der Waals surface area contributed by atoms with Crippen LogP contribution in [-0.4, -0.2) is 18.7 Å². The van der Waals surface area contributed by atoms with E-state index in [1.165, 1.54) is 6.07 Å². The fourth-order valence-electron chi connectivity index (χ4n) is 1.52. The highest BCUT2D eigenvalue weighted by molar-refractivity contribution is 7.85. The summed E-state index contributed by atoms with van der Waals surface area (Å²) >= 11 is 0. The lowest BCUT2D eigenvalue weighted by Crippen LogP contribution is -2.06. The topological polar surface area (TPSA) is 54.4 Å². The second kappa shape index (κ2) is 5.71. The second-order valence-electron chi connectivity index (χ2n) is 3.94. The van der Waals surface area contributed by atoms with Gasteiger partial charge in [-0.25, -0.2) is 0 Å². The quantitative estimate of drug-likeness (QED) is 0.667. The number of halogens is 3. The van der Waals surface area contributed by atoms with Crippen molar-refractivity contribution in [1.29, 1.82) is 0 Å². The van der Waals surface area contributed by atoms with Crippen LogP contribution in [0, 0.1) is 0 Å². The van der Waals surface area contributed by atoms with Crippen LogP contribution in [0.1, 0.15) is 24.0 Å². The number of unbranched alkanes of at least 4 members (excludes halogenated alkanes) is 1. The van der Waals surface area contributed by atoms with Gasteiger partial charge in [0.05, 0.1) is 11.3 Å². The Bertz CT molecular complexity index is 495. The summed E-state index contributed by atoms with van der Waals surface area (Å²) in [6.45, 7) is 0. The highest BCUT2D eigenvalue weighted by Crippen LogP contribution is 2.29. The van der Waals surface area contributed by atoms with Gasteiger partial charge < -0.3 is 0 Å². The molecule has 1 aromatic carbocycles. The molecule has 1 rings (SSSR count). The zero-order valence-corrected chi connectivity index (χ0v) is 10.3. The molecule has 0 saturated carbocycles. The van der Waals surface area contributed by atoms with Crippen molar-refractivity contribution < 1.29 is 26.1 Å². The van der Waals surface area contributed by atoms with Crippen LogP contribution in [0.2, 0.25) is 0 Å². The normalized spacial score (nSPS) is 12.7. The fourth-order valence-corrected chi connectivity index (χ4v) is 2.09. The van der Waals surface area contributed by atoms with Crippen LogP contribution in [0.4, 0.5) is 13.2 Å². The Morgan fingerprint density at radius 3 is 2.39 bits per heavy atom. The van der Waals surface area contributed by atoms with Gasteiger partial charge in [-0.15, -0.1) is 0 Å². The van der Waals surface area contributed by atoms with E-state index >= 15 is 0 Å². The molecule has 0 amide bonds. The molecule has 0 atom stereocenters. The molecule has 0 saturated heterocycles. The first-order valence-electron chi connectivity index (χ1n) is 5.30. The van der Waals surface area contributed by atoms with Crippen molar-refractivity contribution in [3.63, 3.8) is 0 Å². The van der Waals surface area contributed by atoms with Crippen LogP contribution in [0.3, 0.4) is 0 Å². The van der Waals surface area contributed by atoms with Gasteiger partial charge in [-0.1, -0.05) is 18.2 Å². The molecule has 7 heteroatoms. The molecule has 0 aromatic heterocycles. The summed E-state index contributed by atoms with van der Waals surface area (Å²) in [4.78, 5) is 0. The minimum absolute atomic E-state index is 0.217. The summed E-state index contributed by atoms with van der Waals surface area (Å²) in [6, 6.07) is 4.92. The molecule has 0 unspecified atom stereocenters. The Balaban J connectivity index is 2.53. The van der Waals surface area contributed by atoms with Gasteiger partial charge in [-0.05, 0) is 30.9 Å². The standard InChI is InChI=1S/C11H13F3O3S/c12-11(13,14)10-6-3-5-9(8-10)4-1-2-7-18(15,16)17/h3,5-6,8H,1-2,4,7H2,(H,15,16,17). The predicted octanol–water partition coefficient (Wildman–Crippen LogP) is 2.92. The zero-order valence-electron chi connectivity index (χ0n) is 9.44. The summed E-state index contributed by atoms with van der Waals surface area (Å²) in [5, 5.41) is 0. The third-order valence-corrected chi connectivity index (χ3v) is 3.18. The molecule has 3 nitrogen and oxygen atoms in total. The van der Waals surface area contributed by atoms with Crippen molar-refractivity contribution in [3.8, 4) is 0 Å². The van der Waals surface area contributed by atoms with Crippen LogP contribution >= 0.6 is 0 Å². The van der Waals surface area contributed by atoms with Gasteiger partial charge in [-0.3, -0.25) is 4.55 Å². The number of benzene rings is 1. The largest absolute Gasteiger partial charge is 0.416 e. The molecule has 0 radical (unpaired) electrons. The molecule has 0 aliphatic rings. The van der Waals surface area contributed by atoms with Crippen molar-refractivity contribution in [3.05, 3.63) is 35.4 Å². The van der Waals surface area contributed by atoms with E-state index in [9.17, 15) is 21.6 Å². The van der Waals surface area contributed by atoms with E-state index in [0.717, 1.165) is 12.1 Å². The molecule has 0 aliphatic carbocycles. The van der Waals surface area contributed by atoms with Crippen molar-refractivity contribution in [2.45, 2.75) is 25.4 Å². The molecule has 0 spiro atoms. The number of rotatable bonds is 5. The summed E-state index contributed by atoms with van der Waals surface area (Å²) in [5.41, 5.74) is -0.213. The van der Waals surface area contributed by atoms with E-state index in [1.54, 1.807) is 6.07 Å². The Kier molecular flexibility index (Phi) is 4.75. The first-order valence-corrected chi connectivity index (χ1v) is 6.91. The van der Waals surface area contributed by atoms with Crippen molar-refractivity contribution in [2.24, 2.45) is 0 Å². The molecule has 18 heavy (non-hydrogen) atoms. The lowest BCUT2D eigenvalue weighted by Gasteiger charge is -2.08. The van der Waals surface area contributed by atoms with Crippen molar-refractivity contribution in [2.75, 3.05) is 5.75 Å². The molecule has 1 N–H and O–H groups in total. The van der Waals surface area contributed by atoms with Gasteiger partial charge in [0.15, 0.2) is 0 Å². The van der Waals surface area contributed by atoms with Gasteiger partial charge in [0.1, 0.15) is 0 Å². The molecule has 1 aromatic rings. The van der Waals surface area contributed by atoms with Crippen LogP contribution in [-0.2, 0) is 22.7 Å². The maximum absolute atomic E-state index is 12.4. The first-order chi connectivity index (χ1) is 8.18. The molecular weight excluding hydrogens is 269 g/mol. The summed E-state index contributed by atoms with van der Waals surface area (Å²) < 4.78 is 66.6. The Labute approximate surface area is 103 Å². The summed E-state index contributed by atoms with van der Waals surface area (Å²) in [7, 11) is -3.99. The average molecular weight is 282 g/mol. The monoisotopic (exact) mass is 282 g/mol. The van der Waals surface area contributed by atoms with Gasteiger partial charge in [0.25, 0.3) is 10.1 Å². The molecule has 0 heterocycles. The lowest BCUT2D eigenvalue weighted by molar-refractivity contribution is -0.137. The predicted molar refractivity (Wildman–Crippen MR) is 60.8 cm³/mol. The van der Waals surface area contributed by atoms with E-state index in [2.05, 4.69) is 0 Å². The van der Waals surface area contributed by atoms with Crippen LogP contribution in [0.5, 0.6) is 0 Å². The van der Waals surface area contributed by atoms with Gasteiger partial charge in [0, 0.05) is 0 Å². The minimum atomic E-state index is -4.37. The highest BCUT2D eigenvalue weighted by Gasteiger charge is 2.30. The number of hydrogen-bond donors (Lipinski definition) is 1. The maximum atomic E-state index is 12.4. The first kappa shape index (κ1) is 15.0. The number of aryl methyl sites for hydroxylation is 1. The molecule has 102 valence electrons. The van der Waals surface area contributed by atoms with Crippen LogP contribution < -0.4 is 0 Å². The number of hydrogen-bond acceptors (Lipinski definition) is 2. The smallest absolute Gasteiger partial charge is 0.286 e. The maximum Gasteiger partial charge on any atom is 0.416 e. The third kappa shape index (κ3) is 5.50. The van der Waals surface area contributed by atoms with E-state index < -0.39 is 21.9 Å². The van der Waals surface area contributed by atoms with E-state index in [-0.39, 0.29) is 12.2 Å². The zero-order chi connectivity index (χ0) is 13.8. The van der Waals surface area contributed by atoms with Crippen LogP contribution in [0.25, 0.3) is 0 Å². The fraction of sp³-hybridized carbons (Fsp3) is 0.455. The van der Waals surface area contributed by atoms with E-state index in [1.807, 2.05) is 0 Å². The molecule has 0 bridgehead atoms. The highest BCUT2D eigenvalue weighted by atomic mass is 32.2. The van der Waals surface area contributed by atoms with E-state index in [4.69, 9.17) is 4.55 Å². The number of alkyl halides is 3.